The Morgan fingerprint density at radius 3 is 3.00 bits per heavy atom. The van der Waals surface area contributed by atoms with E-state index in [1.807, 2.05) is 0 Å². The van der Waals surface area contributed by atoms with Crippen LogP contribution in [0.3, 0.4) is 0 Å². The van der Waals surface area contributed by atoms with E-state index in [1.165, 1.54) is 0 Å². The zero-order chi connectivity index (χ0) is 7.40. The fourth-order valence-electron chi connectivity index (χ4n) is 1.06. The zero-order valence-electron chi connectivity index (χ0n) is 6.71. The van der Waals surface area contributed by atoms with Crippen LogP contribution in [-0.4, -0.2) is 56.2 Å². The second-order valence-corrected chi connectivity index (χ2v) is 2.62. The van der Waals surface area contributed by atoms with E-state index in [4.69, 9.17) is 4.74 Å². The third kappa shape index (κ3) is 1.99. The summed E-state index contributed by atoms with van der Waals surface area (Å²) in [5.41, 5.74) is 0. The van der Waals surface area contributed by atoms with E-state index in [2.05, 4.69) is 22.9 Å². The van der Waals surface area contributed by atoms with Crippen molar-refractivity contribution in [3.8, 4) is 0 Å². The maximum Gasteiger partial charge on any atom is 0.234 e. The highest BCUT2D eigenvalue weighted by Crippen LogP contribution is 1.90. The zero-order valence-corrected chi connectivity index (χ0v) is 6.71. The van der Waals surface area contributed by atoms with Gasteiger partial charge in [0.2, 0.25) is 6.34 Å². The molecule has 58 valence electrons. The van der Waals surface area contributed by atoms with Crippen LogP contribution in [0.2, 0.25) is 0 Å². The molecule has 1 rings (SSSR count). The summed E-state index contributed by atoms with van der Waals surface area (Å²) in [7, 11) is 3.83. The molecule has 0 fully saturated rings. The number of rotatable bonds is 3. The van der Waals surface area contributed by atoms with E-state index < -0.39 is 0 Å². The first-order valence-corrected chi connectivity index (χ1v) is 3.61. The lowest BCUT2D eigenvalue weighted by Gasteiger charge is -2.03. The quantitative estimate of drug-likeness (QED) is 0.500. The highest BCUT2D eigenvalue weighted by molar-refractivity contribution is 5.50. The first-order valence-electron chi connectivity index (χ1n) is 3.61. The van der Waals surface area contributed by atoms with Crippen molar-refractivity contribution in [3.63, 3.8) is 0 Å². The van der Waals surface area contributed by atoms with Gasteiger partial charge >= 0.3 is 0 Å². The molecule has 0 aliphatic carbocycles. The lowest BCUT2D eigenvalue weighted by Crippen LogP contribution is -2.23. The molecule has 0 radical (unpaired) electrons. The predicted octanol–water partition coefficient (Wildman–Crippen LogP) is -0.381. The summed E-state index contributed by atoms with van der Waals surface area (Å²) in [6, 6.07) is 0. The topological polar surface area (TPSA) is 15.5 Å². The van der Waals surface area contributed by atoms with Crippen molar-refractivity contribution >= 4 is 6.34 Å². The monoisotopic (exact) mass is 143 g/mol. The van der Waals surface area contributed by atoms with E-state index in [-0.39, 0.29) is 0 Å². The van der Waals surface area contributed by atoms with Gasteiger partial charge in [0.25, 0.3) is 0 Å². The Hall–Kier alpha value is -0.570. The number of hydrogen-bond acceptors (Lipinski definition) is 2. The minimum atomic E-state index is 0.824. The Morgan fingerprint density at radius 2 is 2.50 bits per heavy atom. The van der Waals surface area contributed by atoms with Crippen LogP contribution >= 0.6 is 0 Å². The lowest BCUT2D eigenvalue weighted by molar-refractivity contribution is -0.482. The standard InChI is InChI=1S/C7H15N2O/c1-8-3-4-9(7-8)5-6-10-2/h7H,3-6H2,1-2H3/q+1. The second kappa shape index (κ2) is 3.56. The second-order valence-electron chi connectivity index (χ2n) is 2.62. The van der Waals surface area contributed by atoms with E-state index in [1.54, 1.807) is 7.11 Å². The minimum absolute atomic E-state index is 0.824. The first kappa shape index (κ1) is 7.54. The predicted molar refractivity (Wildman–Crippen MR) is 40.6 cm³/mol. The lowest BCUT2D eigenvalue weighted by atomic mass is 10.5. The van der Waals surface area contributed by atoms with Gasteiger partial charge in [0, 0.05) is 7.11 Å². The first-order chi connectivity index (χ1) is 4.83. The van der Waals surface area contributed by atoms with Crippen molar-refractivity contribution in [2.24, 2.45) is 0 Å². The highest BCUT2D eigenvalue weighted by Gasteiger charge is 2.14. The fourth-order valence-corrected chi connectivity index (χ4v) is 1.06. The molecule has 0 spiro atoms. The number of nitrogens with zero attached hydrogens (tertiary/aromatic N) is 2. The Balaban J connectivity index is 2.18. The average molecular weight is 143 g/mol. The van der Waals surface area contributed by atoms with Crippen LogP contribution in [0.4, 0.5) is 0 Å². The van der Waals surface area contributed by atoms with E-state index in [0.29, 0.717) is 0 Å². The summed E-state index contributed by atoms with van der Waals surface area (Å²) in [4.78, 5) is 2.27. The molecule has 0 amide bonds. The Kier molecular flexibility index (Phi) is 2.68. The number of hydrogen-bond donors (Lipinski definition) is 0. The van der Waals surface area contributed by atoms with Crippen molar-refractivity contribution in [2.75, 3.05) is 40.4 Å². The molecule has 1 aliphatic rings. The largest absolute Gasteiger partial charge is 0.381 e. The van der Waals surface area contributed by atoms with Crippen LogP contribution in [0.25, 0.3) is 0 Å². The molecule has 0 atom stereocenters. The highest BCUT2D eigenvalue weighted by atomic mass is 16.5. The fraction of sp³-hybridized carbons (Fsp3) is 0.857. The Bertz CT molecular complexity index is 134. The third-order valence-corrected chi connectivity index (χ3v) is 1.68. The number of likely N-dealkylation sites (N-methyl/N-ethyl adjacent to an activating group) is 1. The molecular formula is C7H15N2O+. The van der Waals surface area contributed by atoms with E-state index in [9.17, 15) is 0 Å². The number of methoxy groups -OCH3 is 1. The van der Waals surface area contributed by atoms with Gasteiger partial charge in [0.1, 0.15) is 19.6 Å². The molecular weight excluding hydrogens is 128 g/mol. The van der Waals surface area contributed by atoms with Crippen LogP contribution < -0.4 is 0 Å². The van der Waals surface area contributed by atoms with Crippen LogP contribution in [-0.2, 0) is 4.74 Å². The molecule has 0 aromatic carbocycles. The molecule has 0 bridgehead atoms. The van der Waals surface area contributed by atoms with Gasteiger partial charge in [-0.3, -0.25) is 9.48 Å². The van der Waals surface area contributed by atoms with E-state index >= 15 is 0 Å². The molecule has 1 heterocycles. The molecule has 10 heavy (non-hydrogen) atoms. The van der Waals surface area contributed by atoms with Crippen molar-refractivity contribution in [2.45, 2.75) is 0 Å². The van der Waals surface area contributed by atoms with Crippen LogP contribution in [0.5, 0.6) is 0 Å². The molecule has 0 N–H and O–H groups in total. The smallest absolute Gasteiger partial charge is 0.234 e. The van der Waals surface area contributed by atoms with Gasteiger partial charge in [0.15, 0.2) is 0 Å². The van der Waals surface area contributed by atoms with Crippen molar-refractivity contribution < 1.29 is 9.31 Å². The summed E-state index contributed by atoms with van der Waals surface area (Å²) < 4.78 is 7.15. The SMILES string of the molecule is COCCN1C=[N+](C)CC1. The van der Waals surface area contributed by atoms with Crippen LogP contribution in [0.15, 0.2) is 0 Å². The van der Waals surface area contributed by atoms with Crippen molar-refractivity contribution in [1.29, 1.82) is 0 Å². The molecule has 0 saturated carbocycles. The van der Waals surface area contributed by atoms with Crippen LogP contribution in [0.1, 0.15) is 0 Å². The van der Waals surface area contributed by atoms with Gasteiger partial charge < -0.3 is 4.74 Å². The summed E-state index contributed by atoms with van der Waals surface area (Å²) in [5, 5.41) is 0. The summed E-state index contributed by atoms with van der Waals surface area (Å²) in [6.07, 6.45) is 2.14. The van der Waals surface area contributed by atoms with Gasteiger partial charge in [-0.25, -0.2) is 0 Å². The Morgan fingerprint density at radius 1 is 1.70 bits per heavy atom. The molecule has 3 heteroatoms. The molecule has 0 aromatic rings. The van der Waals surface area contributed by atoms with Crippen LogP contribution in [0, 0.1) is 0 Å². The van der Waals surface area contributed by atoms with Gasteiger partial charge in [-0.1, -0.05) is 0 Å². The third-order valence-electron chi connectivity index (χ3n) is 1.68. The van der Waals surface area contributed by atoms with Gasteiger partial charge in [-0.2, -0.15) is 0 Å². The minimum Gasteiger partial charge on any atom is -0.381 e. The Labute approximate surface area is 61.9 Å². The van der Waals surface area contributed by atoms with Crippen molar-refractivity contribution in [1.82, 2.24) is 4.90 Å². The molecule has 0 unspecified atom stereocenters. The molecule has 0 saturated heterocycles. The van der Waals surface area contributed by atoms with E-state index in [0.717, 1.165) is 26.2 Å². The normalized spacial score (nSPS) is 17.8. The van der Waals surface area contributed by atoms with Gasteiger partial charge in [-0.05, 0) is 0 Å². The molecule has 3 nitrogen and oxygen atoms in total. The number of ether oxygens (including phenoxy) is 1. The summed E-state index contributed by atoms with van der Waals surface area (Å²) >= 11 is 0. The maximum absolute atomic E-state index is 4.96. The maximum atomic E-state index is 4.96. The van der Waals surface area contributed by atoms with Gasteiger partial charge in [-0.15, -0.1) is 0 Å². The summed E-state index contributed by atoms with van der Waals surface area (Å²) in [5.74, 6) is 0. The molecule has 0 aromatic heterocycles. The van der Waals surface area contributed by atoms with Gasteiger partial charge in [0.05, 0.1) is 13.7 Å². The molecule has 1 aliphatic heterocycles. The summed E-state index contributed by atoms with van der Waals surface area (Å²) in [6.45, 7) is 4.12. The average Bonchev–Trinajstić information content (AvgIpc) is 2.31. The van der Waals surface area contributed by atoms with Crippen molar-refractivity contribution in [3.05, 3.63) is 0 Å².